The van der Waals surface area contributed by atoms with Gasteiger partial charge in [-0.2, -0.15) is 0 Å². The van der Waals surface area contributed by atoms with Crippen LogP contribution in [0.15, 0.2) is 48.2 Å². The van der Waals surface area contributed by atoms with E-state index in [2.05, 4.69) is 10.2 Å². The van der Waals surface area contributed by atoms with E-state index in [9.17, 15) is 14.0 Å². The van der Waals surface area contributed by atoms with Crippen molar-refractivity contribution in [3.05, 3.63) is 70.1 Å². The van der Waals surface area contributed by atoms with Crippen LogP contribution in [0, 0.1) is 12.7 Å². The molecule has 2 heterocycles. The quantitative estimate of drug-likeness (QED) is 0.694. The van der Waals surface area contributed by atoms with E-state index >= 15 is 0 Å². The zero-order valence-corrected chi connectivity index (χ0v) is 17.9. The maximum Gasteiger partial charge on any atom is 0.278 e. The molecule has 0 aliphatic carbocycles. The molecule has 1 fully saturated rings. The van der Waals surface area contributed by atoms with Crippen molar-refractivity contribution in [1.29, 1.82) is 0 Å². The summed E-state index contributed by atoms with van der Waals surface area (Å²) in [5.74, 6) is -1.20. The van der Waals surface area contributed by atoms with Crippen molar-refractivity contribution in [1.82, 2.24) is 9.80 Å². The average Bonchev–Trinajstić information content (AvgIpc) is 2.99. The highest BCUT2D eigenvalue weighted by molar-refractivity contribution is 6.36. The van der Waals surface area contributed by atoms with Crippen molar-refractivity contribution in [2.24, 2.45) is 0 Å². The highest BCUT2D eigenvalue weighted by Gasteiger charge is 2.39. The van der Waals surface area contributed by atoms with Crippen LogP contribution in [0.2, 0.25) is 5.02 Å². The van der Waals surface area contributed by atoms with Gasteiger partial charge in [-0.3, -0.25) is 19.4 Å². The molecule has 1 N–H and O–H groups in total. The van der Waals surface area contributed by atoms with Gasteiger partial charge in [0.1, 0.15) is 11.5 Å². The lowest BCUT2D eigenvalue weighted by atomic mass is 10.0. The van der Waals surface area contributed by atoms with E-state index in [1.165, 1.54) is 29.2 Å². The third kappa shape index (κ3) is 4.63. The predicted octanol–water partition coefficient (Wildman–Crippen LogP) is 3.31. The minimum Gasteiger partial charge on any atom is -0.379 e. The first-order valence-corrected chi connectivity index (χ1v) is 10.5. The van der Waals surface area contributed by atoms with Crippen molar-refractivity contribution in [3.8, 4) is 0 Å². The van der Waals surface area contributed by atoms with E-state index in [0.717, 1.165) is 18.7 Å². The standard InChI is InChI=1S/C23H23ClFN3O3/c1-15-14-17(24)4-7-19(15)26-21-20(16-2-5-18(25)6-3-16)22(29)28(23(21)30)9-8-27-10-12-31-13-11-27/h2-7,14,26H,8-13H2,1H3. The number of rotatable bonds is 6. The molecule has 0 atom stereocenters. The lowest BCUT2D eigenvalue weighted by molar-refractivity contribution is -0.137. The number of nitrogens with one attached hydrogen (secondary N) is 1. The Labute approximate surface area is 185 Å². The number of amides is 2. The van der Waals surface area contributed by atoms with Crippen LogP contribution >= 0.6 is 11.6 Å². The number of carbonyl (C=O) groups is 2. The summed E-state index contributed by atoms with van der Waals surface area (Å²) in [6.45, 7) is 5.53. The number of aryl methyl sites for hydroxylation is 1. The highest BCUT2D eigenvalue weighted by Crippen LogP contribution is 2.32. The Bertz CT molecular complexity index is 1030. The summed E-state index contributed by atoms with van der Waals surface area (Å²) >= 11 is 6.04. The van der Waals surface area contributed by atoms with Crippen LogP contribution in [0.5, 0.6) is 0 Å². The van der Waals surface area contributed by atoms with Crippen LogP contribution in [-0.4, -0.2) is 61.0 Å². The number of hydrogen-bond donors (Lipinski definition) is 1. The molecule has 8 heteroatoms. The molecule has 4 rings (SSSR count). The largest absolute Gasteiger partial charge is 0.379 e. The van der Waals surface area contributed by atoms with Crippen LogP contribution in [-0.2, 0) is 14.3 Å². The zero-order chi connectivity index (χ0) is 22.0. The van der Waals surface area contributed by atoms with E-state index in [-0.39, 0.29) is 23.7 Å². The summed E-state index contributed by atoms with van der Waals surface area (Å²) in [7, 11) is 0. The summed E-state index contributed by atoms with van der Waals surface area (Å²) in [6, 6.07) is 10.8. The predicted molar refractivity (Wildman–Crippen MR) is 117 cm³/mol. The maximum atomic E-state index is 13.5. The third-order valence-electron chi connectivity index (χ3n) is 5.49. The van der Waals surface area contributed by atoms with Crippen molar-refractivity contribution >= 4 is 34.7 Å². The Morgan fingerprint density at radius 3 is 2.42 bits per heavy atom. The number of morpholine rings is 1. The fourth-order valence-electron chi connectivity index (χ4n) is 3.75. The van der Waals surface area contributed by atoms with Gasteiger partial charge < -0.3 is 10.1 Å². The summed E-state index contributed by atoms with van der Waals surface area (Å²) in [6.07, 6.45) is 0. The van der Waals surface area contributed by atoms with Gasteiger partial charge in [-0.15, -0.1) is 0 Å². The van der Waals surface area contributed by atoms with Gasteiger partial charge in [0, 0.05) is 36.9 Å². The highest BCUT2D eigenvalue weighted by atomic mass is 35.5. The summed E-state index contributed by atoms with van der Waals surface area (Å²) in [5.41, 5.74) is 2.42. The van der Waals surface area contributed by atoms with E-state index in [0.29, 0.717) is 36.0 Å². The Morgan fingerprint density at radius 2 is 1.74 bits per heavy atom. The molecule has 0 saturated carbocycles. The van der Waals surface area contributed by atoms with Crippen LogP contribution in [0.4, 0.5) is 10.1 Å². The molecule has 0 spiro atoms. The summed E-state index contributed by atoms with van der Waals surface area (Å²) in [4.78, 5) is 29.9. The lowest BCUT2D eigenvalue weighted by Gasteiger charge is -2.28. The molecule has 162 valence electrons. The van der Waals surface area contributed by atoms with Crippen LogP contribution < -0.4 is 5.32 Å². The van der Waals surface area contributed by atoms with E-state index in [1.54, 1.807) is 18.2 Å². The van der Waals surface area contributed by atoms with Crippen molar-refractivity contribution < 1.29 is 18.7 Å². The zero-order valence-electron chi connectivity index (χ0n) is 17.2. The Morgan fingerprint density at radius 1 is 1.03 bits per heavy atom. The Balaban J connectivity index is 1.64. The molecule has 0 bridgehead atoms. The van der Waals surface area contributed by atoms with Gasteiger partial charge in [-0.05, 0) is 48.4 Å². The first-order chi connectivity index (χ1) is 14.9. The fourth-order valence-corrected chi connectivity index (χ4v) is 3.97. The first-order valence-electron chi connectivity index (χ1n) is 10.1. The third-order valence-corrected chi connectivity index (χ3v) is 5.73. The number of anilines is 1. The Kier molecular flexibility index (Phi) is 6.36. The second kappa shape index (κ2) is 9.18. The second-order valence-electron chi connectivity index (χ2n) is 7.56. The van der Waals surface area contributed by atoms with E-state index in [1.807, 2.05) is 6.92 Å². The SMILES string of the molecule is Cc1cc(Cl)ccc1NC1=C(c2ccc(F)cc2)C(=O)N(CCN2CCOCC2)C1=O. The molecule has 2 aliphatic rings. The van der Waals surface area contributed by atoms with Gasteiger partial charge in [0.2, 0.25) is 0 Å². The number of hydrogen-bond acceptors (Lipinski definition) is 5. The van der Waals surface area contributed by atoms with E-state index < -0.39 is 11.7 Å². The van der Waals surface area contributed by atoms with Gasteiger partial charge in [0.15, 0.2) is 0 Å². The minimum atomic E-state index is -0.409. The van der Waals surface area contributed by atoms with E-state index in [4.69, 9.17) is 16.3 Å². The van der Waals surface area contributed by atoms with Gasteiger partial charge in [-0.25, -0.2) is 4.39 Å². The monoisotopic (exact) mass is 443 g/mol. The normalized spacial score (nSPS) is 17.6. The number of ether oxygens (including phenoxy) is 1. The van der Waals surface area contributed by atoms with Crippen LogP contribution in [0.25, 0.3) is 5.57 Å². The molecule has 0 aromatic heterocycles. The van der Waals surface area contributed by atoms with Crippen molar-refractivity contribution in [2.45, 2.75) is 6.92 Å². The second-order valence-corrected chi connectivity index (χ2v) is 7.99. The maximum absolute atomic E-state index is 13.5. The minimum absolute atomic E-state index is 0.184. The Hall–Kier alpha value is -2.74. The molecule has 0 unspecified atom stereocenters. The van der Waals surface area contributed by atoms with Gasteiger partial charge in [0.25, 0.3) is 11.8 Å². The molecule has 2 aromatic rings. The molecule has 1 saturated heterocycles. The molecule has 2 aromatic carbocycles. The number of halogens is 2. The summed E-state index contributed by atoms with van der Waals surface area (Å²) in [5, 5.41) is 3.71. The lowest BCUT2D eigenvalue weighted by Crippen LogP contribution is -2.43. The number of imide groups is 1. The molecule has 2 aliphatic heterocycles. The smallest absolute Gasteiger partial charge is 0.278 e. The molecular weight excluding hydrogens is 421 g/mol. The molecule has 31 heavy (non-hydrogen) atoms. The first kappa shape index (κ1) is 21.5. The number of carbonyl (C=O) groups excluding carboxylic acids is 2. The molecule has 2 amide bonds. The average molecular weight is 444 g/mol. The number of nitrogens with zero attached hydrogens (tertiary/aromatic N) is 2. The molecular formula is C23H23ClFN3O3. The van der Waals surface area contributed by atoms with Crippen LogP contribution in [0.3, 0.4) is 0 Å². The summed E-state index contributed by atoms with van der Waals surface area (Å²) < 4.78 is 18.8. The number of benzene rings is 2. The fraction of sp³-hybridized carbons (Fsp3) is 0.304. The van der Waals surface area contributed by atoms with Crippen LogP contribution in [0.1, 0.15) is 11.1 Å². The van der Waals surface area contributed by atoms with Gasteiger partial charge in [0.05, 0.1) is 18.8 Å². The van der Waals surface area contributed by atoms with Gasteiger partial charge in [-0.1, -0.05) is 23.7 Å². The van der Waals surface area contributed by atoms with Crippen molar-refractivity contribution in [3.63, 3.8) is 0 Å². The topological polar surface area (TPSA) is 61.9 Å². The molecule has 0 radical (unpaired) electrons. The van der Waals surface area contributed by atoms with Gasteiger partial charge >= 0.3 is 0 Å². The molecule has 6 nitrogen and oxygen atoms in total. The van der Waals surface area contributed by atoms with Crippen molar-refractivity contribution in [2.75, 3.05) is 44.7 Å².